The van der Waals surface area contributed by atoms with Gasteiger partial charge in [-0.05, 0) is 26.7 Å². The van der Waals surface area contributed by atoms with Gasteiger partial charge in [0.05, 0.1) is 18.3 Å². The molecule has 0 aliphatic heterocycles. The summed E-state index contributed by atoms with van der Waals surface area (Å²) in [4.78, 5) is 0. The van der Waals surface area contributed by atoms with E-state index in [0.29, 0.717) is 0 Å². The third kappa shape index (κ3) is 2.80. The highest BCUT2D eigenvalue weighted by Gasteiger charge is 2.23. The first-order chi connectivity index (χ1) is 5.20. The zero-order valence-electron chi connectivity index (χ0n) is 7.42. The third-order valence-electron chi connectivity index (χ3n) is 2.11. The molecule has 0 spiro atoms. The third-order valence-corrected chi connectivity index (χ3v) is 2.11. The van der Waals surface area contributed by atoms with Gasteiger partial charge in [-0.1, -0.05) is 12.8 Å². The molecular formula is C9H18O2. The van der Waals surface area contributed by atoms with Crippen LogP contribution in [0.3, 0.4) is 0 Å². The van der Waals surface area contributed by atoms with Crippen molar-refractivity contribution in [3.05, 3.63) is 0 Å². The highest BCUT2D eigenvalue weighted by Crippen LogP contribution is 2.21. The van der Waals surface area contributed by atoms with Crippen molar-refractivity contribution in [2.24, 2.45) is 0 Å². The van der Waals surface area contributed by atoms with Crippen LogP contribution < -0.4 is 0 Å². The monoisotopic (exact) mass is 158 g/mol. The Morgan fingerprint density at radius 3 is 2.45 bits per heavy atom. The van der Waals surface area contributed by atoms with Crippen molar-refractivity contribution < 1.29 is 9.84 Å². The van der Waals surface area contributed by atoms with Crippen molar-refractivity contribution in [3.8, 4) is 0 Å². The number of ether oxygens (including phenoxy) is 1. The van der Waals surface area contributed by atoms with Crippen LogP contribution in [-0.2, 0) is 4.74 Å². The summed E-state index contributed by atoms with van der Waals surface area (Å²) in [7, 11) is 0. The minimum atomic E-state index is -0.217. The molecule has 0 saturated heterocycles. The predicted octanol–water partition coefficient (Wildman–Crippen LogP) is 1.71. The fourth-order valence-electron chi connectivity index (χ4n) is 1.59. The Morgan fingerprint density at radius 1 is 1.27 bits per heavy atom. The number of hydrogen-bond donors (Lipinski definition) is 1. The summed E-state index contributed by atoms with van der Waals surface area (Å²) in [5.41, 5.74) is 0. The maximum atomic E-state index is 9.49. The summed E-state index contributed by atoms with van der Waals surface area (Å²) in [5, 5.41) is 9.49. The van der Waals surface area contributed by atoms with Gasteiger partial charge in [0.25, 0.3) is 0 Å². The quantitative estimate of drug-likeness (QED) is 0.663. The van der Waals surface area contributed by atoms with Crippen LogP contribution in [0, 0.1) is 0 Å². The summed E-state index contributed by atoms with van der Waals surface area (Å²) < 4.78 is 5.55. The van der Waals surface area contributed by atoms with Crippen LogP contribution in [0.4, 0.5) is 0 Å². The van der Waals surface area contributed by atoms with Gasteiger partial charge in [-0.25, -0.2) is 0 Å². The molecule has 0 aromatic heterocycles. The molecule has 1 rings (SSSR count). The molecule has 1 fully saturated rings. The van der Waals surface area contributed by atoms with Crippen LogP contribution in [-0.4, -0.2) is 23.4 Å². The van der Waals surface area contributed by atoms with Gasteiger partial charge in [0.15, 0.2) is 0 Å². The number of aliphatic hydroxyl groups is 1. The van der Waals surface area contributed by atoms with E-state index >= 15 is 0 Å². The Hall–Kier alpha value is -0.0800. The fraction of sp³-hybridized carbons (Fsp3) is 1.00. The highest BCUT2D eigenvalue weighted by molar-refractivity contribution is 4.75. The highest BCUT2D eigenvalue weighted by atomic mass is 16.5. The van der Waals surface area contributed by atoms with Gasteiger partial charge in [-0.2, -0.15) is 0 Å². The summed E-state index contributed by atoms with van der Waals surface area (Å²) in [6.45, 7) is 4.03. The molecule has 0 bridgehead atoms. The lowest BCUT2D eigenvalue weighted by Crippen LogP contribution is -2.34. The van der Waals surface area contributed by atoms with Crippen molar-refractivity contribution in [3.63, 3.8) is 0 Å². The average molecular weight is 158 g/mol. The zero-order chi connectivity index (χ0) is 8.27. The molecule has 2 atom stereocenters. The lowest BCUT2D eigenvalue weighted by molar-refractivity contribution is -0.0829. The maximum Gasteiger partial charge on any atom is 0.0837 e. The number of aliphatic hydroxyl groups excluding tert-OH is 1. The van der Waals surface area contributed by atoms with E-state index in [4.69, 9.17) is 4.74 Å². The van der Waals surface area contributed by atoms with Gasteiger partial charge in [0.2, 0.25) is 0 Å². The molecule has 0 amide bonds. The van der Waals surface area contributed by atoms with E-state index in [2.05, 4.69) is 0 Å². The lowest BCUT2D eigenvalue weighted by atomic mass is 9.95. The first-order valence-corrected chi connectivity index (χ1v) is 4.53. The number of hydrogen-bond acceptors (Lipinski definition) is 2. The van der Waals surface area contributed by atoms with Crippen LogP contribution in [0.1, 0.15) is 39.5 Å². The standard InChI is InChI=1S/C9H18O2/c1-7(2)11-9-6-4-3-5-8(9)10/h7-10H,3-6H2,1-2H3/t8-,9+/m0/s1. The van der Waals surface area contributed by atoms with Gasteiger partial charge in [0, 0.05) is 0 Å². The summed E-state index contributed by atoms with van der Waals surface area (Å²) >= 11 is 0. The van der Waals surface area contributed by atoms with Crippen molar-refractivity contribution >= 4 is 0 Å². The second kappa shape index (κ2) is 4.07. The lowest BCUT2D eigenvalue weighted by Gasteiger charge is -2.29. The van der Waals surface area contributed by atoms with E-state index in [-0.39, 0.29) is 18.3 Å². The normalized spacial score (nSPS) is 32.7. The Bertz CT molecular complexity index is 112. The van der Waals surface area contributed by atoms with Gasteiger partial charge < -0.3 is 9.84 Å². The summed E-state index contributed by atoms with van der Waals surface area (Å²) in [6.07, 6.45) is 4.42. The van der Waals surface area contributed by atoms with Crippen LogP contribution in [0.25, 0.3) is 0 Å². The Kier molecular flexibility index (Phi) is 3.34. The van der Waals surface area contributed by atoms with Crippen molar-refractivity contribution in [2.45, 2.75) is 57.8 Å². The number of rotatable bonds is 2. The molecule has 0 aromatic rings. The Balaban J connectivity index is 2.29. The van der Waals surface area contributed by atoms with Gasteiger partial charge in [0.1, 0.15) is 0 Å². The molecule has 11 heavy (non-hydrogen) atoms. The van der Waals surface area contributed by atoms with Crippen LogP contribution in [0.15, 0.2) is 0 Å². The SMILES string of the molecule is CC(C)O[C@@H]1CCCC[C@@H]1O. The minimum Gasteiger partial charge on any atom is -0.390 e. The van der Waals surface area contributed by atoms with Gasteiger partial charge >= 0.3 is 0 Å². The molecule has 2 nitrogen and oxygen atoms in total. The topological polar surface area (TPSA) is 29.5 Å². The molecule has 1 saturated carbocycles. The molecule has 0 radical (unpaired) electrons. The predicted molar refractivity (Wildman–Crippen MR) is 44.5 cm³/mol. The van der Waals surface area contributed by atoms with E-state index in [1.54, 1.807) is 0 Å². The van der Waals surface area contributed by atoms with E-state index in [1.807, 2.05) is 13.8 Å². The van der Waals surface area contributed by atoms with Crippen molar-refractivity contribution in [1.82, 2.24) is 0 Å². The van der Waals surface area contributed by atoms with Crippen LogP contribution in [0.2, 0.25) is 0 Å². The van der Waals surface area contributed by atoms with Crippen molar-refractivity contribution in [1.29, 1.82) is 0 Å². The Labute approximate surface area is 68.6 Å². The van der Waals surface area contributed by atoms with Crippen molar-refractivity contribution in [2.75, 3.05) is 0 Å². The average Bonchev–Trinajstić information content (AvgIpc) is 1.93. The smallest absolute Gasteiger partial charge is 0.0837 e. The van der Waals surface area contributed by atoms with Gasteiger partial charge in [-0.3, -0.25) is 0 Å². The van der Waals surface area contributed by atoms with Crippen LogP contribution >= 0.6 is 0 Å². The molecule has 1 aliphatic rings. The van der Waals surface area contributed by atoms with Crippen LogP contribution in [0.5, 0.6) is 0 Å². The van der Waals surface area contributed by atoms with E-state index in [1.165, 1.54) is 6.42 Å². The van der Waals surface area contributed by atoms with E-state index in [9.17, 15) is 5.11 Å². The van der Waals surface area contributed by atoms with E-state index in [0.717, 1.165) is 19.3 Å². The summed E-state index contributed by atoms with van der Waals surface area (Å²) in [6, 6.07) is 0. The van der Waals surface area contributed by atoms with E-state index < -0.39 is 0 Å². The Morgan fingerprint density at radius 2 is 1.91 bits per heavy atom. The molecule has 0 unspecified atom stereocenters. The summed E-state index contributed by atoms with van der Waals surface area (Å²) in [5.74, 6) is 0. The maximum absolute atomic E-state index is 9.49. The molecule has 1 aliphatic carbocycles. The first-order valence-electron chi connectivity index (χ1n) is 4.53. The largest absolute Gasteiger partial charge is 0.390 e. The fourth-order valence-corrected chi connectivity index (χ4v) is 1.59. The second-order valence-corrected chi connectivity index (χ2v) is 3.58. The molecule has 2 heteroatoms. The first kappa shape index (κ1) is 9.01. The molecule has 0 heterocycles. The second-order valence-electron chi connectivity index (χ2n) is 3.58. The zero-order valence-corrected chi connectivity index (χ0v) is 7.42. The molecule has 66 valence electrons. The molecule has 0 aromatic carbocycles. The minimum absolute atomic E-state index is 0.101. The molecular weight excluding hydrogens is 140 g/mol. The molecule has 1 N–H and O–H groups in total. The van der Waals surface area contributed by atoms with Gasteiger partial charge in [-0.15, -0.1) is 0 Å².